The number of nitrogens with zero attached hydrogens (tertiary/aromatic N) is 2. The molecular formula is C23H28N4O4. The molecule has 164 valence electrons. The van der Waals surface area contributed by atoms with Crippen LogP contribution in [0.3, 0.4) is 0 Å². The number of piperidine rings is 3. The van der Waals surface area contributed by atoms with Gasteiger partial charge in [0.05, 0.1) is 11.1 Å². The van der Waals surface area contributed by atoms with Crippen molar-refractivity contribution in [3.63, 3.8) is 0 Å². The number of carbonyl (C=O) groups excluding carboxylic acids is 4. The Morgan fingerprint density at radius 2 is 1.81 bits per heavy atom. The van der Waals surface area contributed by atoms with Crippen molar-refractivity contribution in [3.8, 4) is 0 Å². The number of hydrogen-bond acceptors (Lipinski definition) is 6. The molecule has 5 rings (SSSR count). The maximum absolute atomic E-state index is 13.1. The van der Waals surface area contributed by atoms with Crippen molar-refractivity contribution in [2.24, 2.45) is 0 Å². The zero-order valence-electron chi connectivity index (χ0n) is 17.6. The Labute approximate surface area is 181 Å². The lowest BCUT2D eigenvalue weighted by Gasteiger charge is -2.50. The molecule has 2 N–H and O–H groups in total. The van der Waals surface area contributed by atoms with Crippen LogP contribution in [0.5, 0.6) is 0 Å². The zero-order chi connectivity index (χ0) is 21.6. The molecule has 2 atom stereocenters. The molecule has 1 aromatic rings. The highest BCUT2D eigenvalue weighted by Crippen LogP contribution is 2.36. The summed E-state index contributed by atoms with van der Waals surface area (Å²) in [5.74, 6) is -1.84. The van der Waals surface area contributed by atoms with Gasteiger partial charge in [0.2, 0.25) is 11.8 Å². The van der Waals surface area contributed by atoms with E-state index in [9.17, 15) is 19.2 Å². The minimum absolute atomic E-state index is 0.125. The highest BCUT2D eigenvalue weighted by atomic mass is 16.2. The summed E-state index contributed by atoms with van der Waals surface area (Å²) in [5.41, 5.74) is 1.89. The van der Waals surface area contributed by atoms with E-state index in [1.165, 1.54) is 32.1 Å². The lowest BCUT2D eigenvalue weighted by Crippen LogP contribution is -2.59. The quantitative estimate of drug-likeness (QED) is 0.708. The van der Waals surface area contributed by atoms with Crippen LogP contribution in [0.2, 0.25) is 0 Å². The van der Waals surface area contributed by atoms with Gasteiger partial charge in [-0.2, -0.15) is 0 Å². The molecule has 3 saturated heterocycles. The number of imide groups is 2. The standard InChI is InChI=1S/C23H28N4O4/c28-19-7-6-18(20(29)25-19)27-21(30)16-5-4-15(12-17(16)22(27)31)13-26-11-2-1-8-23(26)9-3-10-24-14-23/h4-5,12,18,24H,1-3,6-11,13-14H2,(H,25,28,29). The molecule has 4 heterocycles. The van der Waals surface area contributed by atoms with Gasteiger partial charge < -0.3 is 5.32 Å². The van der Waals surface area contributed by atoms with Crippen molar-refractivity contribution >= 4 is 23.6 Å². The SMILES string of the molecule is O=C1CCC(N2C(=O)c3ccc(CN4CCCCC45CCCNC5)cc3C2=O)C(=O)N1. The van der Waals surface area contributed by atoms with E-state index in [0.717, 1.165) is 36.6 Å². The van der Waals surface area contributed by atoms with Crippen molar-refractivity contribution < 1.29 is 19.2 Å². The molecule has 1 spiro atoms. The van der Waals surface area contributed by atoms with Crippen molar-refractivity contribution in [2.75, 3.05) is 19.6 Å². The fraction of sp³-hybridized carbons (Fsp3) is 0.565. The zero-order valence-corrected chi connectivity index (χ0v) is 17.6. The number of fused-ring (bicyclic) bond motifs is 1. The Bertz CT molecular complexity index is 945. The second-order valence-electron chi connectivity index (χ2n) is 9.21. The summed E-state index contributed by atoms with van der Waals surface area (Å²) in [6.45, 7) is 3.85. The number of benzene rings is 1. The smallest absolute Gasteiger partial charge is 0.262 e. The van der Waals surface area contributed by atoms with Crippen LogP contribution in [0.25, 0.3) is 0 Å². The highest BCUT2D eigenvalue weighted by molar-refractivity contribution is 6.23. The molecule has 0 radical (unpaired) electrons. The van der Waals surface area contributed by atoms with Crippen LogP contribution in [0, 0.1) is 0 Å². The first kappa shape index (κ1) is 20.3. The van der Waals surface area contributed by atoms with E-state index in [4.69, 9.17) is 0 Å². The van der Waals surface area contributed by atoms with Gasteiger partial charge in [-0.3, -0.25) is 34.3 Å². The van der Waals surface area contributed by atoms with Gasteiger partial charge in [-0.15, -0.1) is 0 Å². The topological polar surface area (TPSA) is 98.8 Å². The van der Waals surface area contributed by atoms with Crippen LogP contribution < -0.4 is 10.6 Å². The Kier molecular flexibility index (Phi) is 5.14. The van der Waals surface area contributed by atoms with Gasteiger partial charge in [0.15, 0.2) is 0 Å². The lowest BCUT2D eigenvalue weighted by atomic mass is 9.80. The molecule has 0 saturated carbocycles. The summed E-state index contributed by atoms with van der Waals surface area (Å²) in [6, 6.07) is 4.54. The van der Waals surface area contributed by atoms with Crippen LogP contribution in [0.4, 0.5) is 0 Å². The third-order valence-electron chi connectivity index (χ3n) is 7.32. The second-order valence-corrected chi connectivity index (χ2v) is 9.21. The molecule has 0 aromatic heterocycles. The molecule has 3 fully saturated rings. The minimum atomic E-state index is -0.924. The number of rotatable bonds is 3. The average molecular weight is 425 g/mol. The van der Waals surface area contributed by atoms with Crippen molar-refractivity contribution in [2.45, 2.75) is 63.1 Å². The molecule has 4 amide bonds. The van der Waals surface area contributed by atoms with E-state index in [-0.39, 0.29) is 24.3 Å². The van der Waals surface area contributed by atoms with Crippen LogP contribution in [-0.4, -0.2) is 64.6 Å². The van der Waals surface area contributed by atoms with Gasteiger partial charge in [0.1, 0.15) is 6.04 Å². The maximum Gasteiger partial charge on any atom is 0.262 e. The number of likely N-dealkylation sites (tertiary alicyclic amines) is 1. The molecule has 0 aliphatic carbocycles. The summed E-state index contributed by atoms with van der Waals surface area (Å²) in [4.78, 5) is 53.3. The molecule has 8 heteroatoms. The highest BCUT2D eigenvalue weighted by Gasteiger charge is 2.45. The molecular weight excluding hydrogens is 396 g/mol. The van der Waals surface area contributed by atoms with E-state index < -0.39 is 23.8 Å². The van der Waals surface area contributed by atoms with E-state index >= 15 is 0 Å². The van der Waals surface area contributed by atoms with Gasteiger partial charge in [-0.1, -0.05) is 12.5 Å². The van der Waals surface area contributed by atoms with Gasteiger partial charge in [0.25, 0.3) is 11.8 Å². The fourth-order valence-electron chi connectivity index (χ4n) is 5.67. The van der Waals surface area contributed by atoms with Gasteiger partial charge in [-0.25, -0.2) is 0 Å². The number of carbonyl (C=O) groups is 4. The number of nitrogens with one attached hydrogen (secondary N) is 2. The van der Waals surface area contributed by atoms with Crippen LogP contribution in [-0.2, 0) is 16.1 Å². The largest absolute Gasteiger partial charge is 0.315 e. The summed E-state index contributed by atoms with van der Waals surface area (Å²) < 4.78 is 0. The molecule has 2 unspecified atom stereocenters. The van der Waals surface area contributed by atoms with Crippen LogP contribution in [0.1, 0.15) is 71.2 Å². The summed E-state index contributed by atoms with van der Waals surface area (Å²) >= 11 is 0. The predicted molar refractivity (Wildman–Crippen MR) is 112 cm³/mol. The van der Waals surface area contributed by atoms with E-state index in [1.807, 2.05) is 12.1 Å². The third kappa shape index (κ3) is 3.47. The lowest BCUT2D eigenvalue weighted by molar-refractivity contribution is -0.136. The van der Waals surface area contributed by atoms with Crippen molar-refractivity contribution in [3.05, 3.63) is 34.9 Å². The normalized spacial score (nSPS) is 29.4. The summed E-state index contributed by atoms with van der Waals surface area (Å²) in [5, 5.41) is 5.79. The molecule has 8 nitrogen and oxygen atoms in total. The molecule has 1 aromatic carbocycles. The third-order valence-corrected chi connectivity index (χ3v) is 7.32. The summed E-state index contributed by atoms with van der Waals surface area (Å²) in [7, 11) is 0. The minimum Gasteiger partial charge on any atom is -0.315 e. The first-order chi connectivity index (χ1) is 15.0. The van der Waals surface area contributed by atoms with E-state index in [1.54, 1.807) is 6.07 Å². The number of amides is 4. The Morgan fingerprint density at radius 3 is 2.58 bits per heavy atom. The van der Waals surface area contributed by atoms with Gasteiger partial charge in [0, 0.05) is 25.0 Å². The van der Waals surface area contributed by atoms with Crippen molar-refractivity contribution in [1.29, 1.82) is 0 Å². The van der Waals surface area contributed by atoms with E-state index in [0.29, 0.717) is 11.1 Å². The summed E-state index contributed by atoms with van der Waals surface area (Å²) in [6.07, 6.45) is 6.27. The molecule has 4 aliphatic rings. The Morgan fingerprint density at radius 1 is 1.00 bits per heavy atom. The van der Waals surface area contributed by atoms with Crippen molar-refractivity contribution in [1.82, 2.24) is 20.4 Å². The molecule has 0 bridgehead atoms. The first-order valence-electron chi connectivity index (χ1n) is 11.3. The van der Waals surface area contributed by atoms with Gasteiger partial charge >= 0.3 is 0 Å². The predicted octanol–water partition coefficient (Wildman–Crippen LogP) is 1.20. The van der Waals surface area contributed by atoms with Gasteiger partial charge in [-0.05, 0) is 62.9 Å². The van der Waals surface area contributed by atoms with Crippen LogP contribution >= 0.6 is 0 Å². The van der Waals surface area contributed by atoms with Crippen LogP contribution in [0.15, 0.2) is 18.2 Å². The monoisotopic (exact) mass is 424 g/mol. The Hall–Kier alpha value is -2.58. The molecule has 4 aliphatic heterocycles. The average Bonchev–Trinajstić information content (AvgIpc) is 3.01. The second kappa shape index (κ2) is 7.84. The number of hydrogen-bond donors (Lipinski definition) is 2. The fourth-order valence-corrected chi connectivity index (χ4v) is 5.67. The maximum atomic E-state index is 13.1. The molecule has 31 heavy (non-hydrogen) atoms. The first-order valence-corrected chi connectivity index (χ1v) is 11.3. The van der Waals surface area contributed by atoms with E-state index in [2.05, 4.69) is 15.5 Å². The Balaban J connectivity index is 1.38.